The molecule has 0 amide bonds. The maximum absolute atomic E-state index is 2.87. The predicted molar refractivity (Wildman–Crippen MR) is 89.5 cm³/mol. The van der Waals surface area contributed by atoms with Crippen LogP contribution < -0.4 is 5.30 Å². The fourth-order valence-electron chi connectivity index (χ4n) is 2.22. The molecule has 1 atom stereocenters. The van der Waals surface area contributed by atoms with Crippen LogP contribution in [0.25, 0.3) is 0 Å². The van der Waals surface area contributed by atoms with Crippen molar-refractivity contribution in [3.63, 3.8) is 0 Å². The molecule has 0 N–H and O–H groups in total. The van der Waals surface area contributed by atoms with Gasteiger partial charge in [0.2, 0.25) is 0 Å². The Bertz CT molecular complexity index is 375. The second kappa shape index (κ2) is 8.68. The molecule has 1 aromatic rings. The Kier molecular flexibility index (Phi) is 7.60. The molecule has 1 rings (SSSR count). The third-order valence-corrected chi connectivity index (χ3v) is 3.89. The Morgan fingerprint density at radius 3 is 2.05 bits per heavy atom. The van der Waals surface area contributed by atoms with E-state index in [2.05, 4.69) is 65.4 Å². The van der Waals surface area contributed by atoms with Gasteiger partial charge in [-0.1, -0.05) is 18.2 Å². The summed E-state index contributed by atoms with van der Waals surface area (Å²) < 4.78 is 0. The summed E-state index contributed by atoms with van der Waals surface area (Å²) in [6.45, 7) is 2.33. The zero-order chi connectivity index (χ0) is 14.3. The van der Waals surface area contributed by atoms with Crippen LogP contribution in [-0.4, -0.2) is 51.1 Å². The SMILES string of the molecule is CN(C)CCCc1ccc(P)c(CCCN(C)C)c1. The first-order valence-electron chi connectivity index (χ1n) is 7.16. The van der Waals surface area contributed by atoms with Crippen LogP contribution in [0.2, 0.25) is 0 Å². The molecule has 3 heteroatoms. The minimum Gasteiger partial charge on any atom is -0.309 e. The van der Waals surface area contributed by atoms with Crippen molar-refractivity contribution in [2.24, 2.45) is 0 Å². The Labute approximate surface area is 121 Å². The van der Waals surface area contributed by atoms with Crippen LogP contribution in [-0.2, 0) is 12.8 Å². The average Bonchev–Trinajstić information content (AvgIpc) is 2.32. The fourth-order valence-corrected chi connectivity index (χ4v) is 2.54. The highest BCUT2D eigenvalue weighted by Gasteiger charge is 2.02. The second-order valence-electron chi connectivity index (χ2n) is 5.85. The van der Waals surface area contributed by atoms with E-state index >= 15 is 0 Å². The van der Waals surface area contributed by atoms with Gasteiger partial charge in [-0.2, -0.15) is 0 Å². The smallest absolute Gasteiger partial charge is 0.00217 e. The third-order valence-electron chi connectivity index (χ3n) is 3.33. The van der Waals surface area contributed by atoms with Gasteiger partial charge in [0.05, 0.1) is 0 Å². The number of aryl methyl sites for hydroxylation is 2. The van der Waals surface area contributed by atoms with E-state index in [1.807, 2.05) is 0 Å². The molecule has 0 heterocycles. The van der Waals surface area contributed by atoms with Gasteiger partial charge in [0.15, 0.2) is 0 Å². The van der Waals surface area contributed by atoms with Gasteiger partial charge in [0.25, 0.3) is 0 Å². The van der Waals surface area contributed by atoms with Crippen molar-refractivity contribution in [1.82, 2.24) is 9.80 Å². The van der Waals surface area contributed by atoms with Gasteiger partial charge in [-0.15, -0.1) is 9.24 Å². The third kappa shape index (κ3) is 7.06. The highest BCUT2D eigenvalue weighted by Crippen LogP contribution is 2.11. The lowest BCUT2D eigenvalue weighted by Crippen LogP contribution is -2.15. The minimum absolute atomic E-state index is 1.16. The maximum atomic E-state index is 2.87. The van der Waals surface area contributed by atoms with Crippen LogP contribution in [0, 0.1) is 0 Å². The first kappa shape index (κ1) is 16.6. The lowest BCUT2D eigenvalue weighted by molar-refractivity contribution is 0.399. The van der Waals surface area contributed by atoms with E-state index in [0.717, 1.165) is 6.54 Å². The molecule has 0 radical (unpaired) electrons. The lowest BCUT2D eigenvalue weighted by Gasteiger charge is -2.13. The molecule has 0 fully saturated rings. The van der Waals surface area contributed by atoms with Gasteiger partial charge in [0, 0.05) is 0 Å². The normalized spacial score (nSPS) is 11.5. The standard InChI is InChI=1S/C16H29N2P/c1-17(2)11-5-7-14-9-10-16(19)15(13-14)8-6-12-18(3)4/h9-10,13H,5-8,11-12,19H2,1-4H3. The van der Waals surface area contributed by atoms with E-state index in [1.54, 1.807) is 0 Å². The van der Waals surface area contributed by atoms with Gasteiger partial charge >= 0.3 is 0 Å². The number of hydrogen-bond donors (Lipinski definition) is 0. The van der Waals surface area contributed by atoms with Crippen molar-refractivity contribution in [3.8, 4) is 0 Å². The van der Waals surface area contributed by atoms with Gasteiger partial charge in [0.1, 0.15) is 0 Å². The van der Waals surface area contributed by atoms with Crippen molar-refractivity contribution >= 4 is 14.5 Å². The van der Waals surface area contributed by atoms with Crippen LogP contribution in [0.4, 0.5) is 0 Å². The largest absolute Gasteiger partial charge is 0.309 e. The van der Waals surface area contributed by atoms with E-state index in [0.29, 0.717) is 0 Å². The van der Waals surface area contributed by atoms with E-state index in [1.165, 1.54) is 48.7 Å². The lowest BCUT2D eigenvalue weighted by atomic mass is 10.0. The van der Waals surface area contributed by atoms with E-state index < -0.39 is 0 Å². The minimum atomic E-state index is 1.16. The summed E-state index contributed by atoms with van der Waals surface area (Å²) in [5, 5.41) is 1.36. The summed E-state index contributed by atoms with van der Waals surface area (Å²) in [5.74, 6) is 0. The molecule has 0 saturated carbocycles. The predicted octanol–water partition coefficient (Wildman–Crippen LogP) is 2.18. The monoisotopic (exact) mass is 280 g/mol. The zero-order valence-corrected chi connectivity index (χ0v) is 14.1. The average molecular weight is 280 g/mol. The second-order valence-corrected chi connectivity index (χ2v) is 6.47. The summed E-state index contributed by atoms with van der Waals surface area (Å²) in [6, 6.07) is 6.92. The van der Waals surface area contributed by atoms with Crippen molar-refractivity contribution in [1.29, 1.82) is 0 Å². The molecule has 0 aliphatic rings. The molecule has 0 aliphatic heterocycles. The van der Waals surface area contributed by atoms with E-state index in [4.69, 9.17) is 0 Å². The molecular formula is C16H29N2P. The van der Waals surface area contributed by atoms with Gasteiger partial charge in [-0.05, 0) is 83.4 Å². The summed E-state index contributed by atoms with van der Waals surface area (Å²) in [6.07, 6.45) is 4.83. The molecule has 0 spiro atoms. The van der Waals surface area contributed by atoms with Crippen LogP contribution in [0.15, 0.2) is 18.2 Å². The number of rotatable bonds is 8. The molecule has 0 saturated heterocycles. The molecule has 0 bridgehead atoms. The molecule has 19 heavy (non-hydrogen) atoms. The Hall–Kier alpha value is -0.430. The van der Waals surface area contributed by atoms with Crippen molar-refractivity contribution in [2.45, 2.75) is 25.7 Å². The Morgan fingerprint density at radius 2 is 1.47 bits per heavy atom. The molecule has 1 unspecified atom stereocenters. The van der Waals surface area contributed by atoms with Crippen LogP contribution in [0.3, 0.4) is 0 Å². The van der Waals surface area contributed by atoms with E-state index in [9.17, 15) is 0 Å². The molecule has 0 aromatic heterocycles. The quantitative estimate of drug-likeness (QED) is 0.673. The van der Waals surface area contributed by atoms with Crippen LogP contribution in [0.1, 0.15) is 24.0 Å². The van der Waals surface area contributed by atoms with Crippen molar-refractivity contribution < 1.29 is 0 Å². The van der Waals surface area contributed by atoms with Crippen molar-refractivity contribution in [2.75, 3.05) is 41.3 Å². The summed E-state index contributed by atoms with van der Waals surface area (Å²) in [5.41, 5.74) is 2.97. The highest BCUT2D eigenvalue weighted by atomic mass is 31.0. The topological polar surface area (TPSA) is 6.48 Å². The van der Waals surface area contributed by atoms with E-state index in [-0.39, 0.29) is 0 Å². The molecule has 2 nitrogen and oxygen atoms in total. The first-order valence-corrected chi connectivity index (χ1v) is 7.73. The first-order chi connectivity index (χ1) is 8.99. The Morgan fingerprint density at radius 1 is 0.895 bits per heavy atom. The number of benzene rings is 1. The maximum Gasteiger partial charge on any atom is -0.00217 e. The molecule has 1 aromatic carbocycles. The van der Waals surface area contributed by atoms with Gasteiger partial charge in [-0.3, -0.25) is 0 Å². The summed E-state index contributed by atoms with van der Waals surface area (Å²) >= 11 is 0. The Balaban J connectivity index is 2.51. The fraction of sp³-hybridized carbons (Fsp3) is 0.625. The zero-order valence-electron chi connectivity index (χ0n) is 12.9. The highest BCUT2D eigenvalue weighted by molar-refractivity contribution is 7.27. The molecule has 0 aliphatic carbocycles. The van der Waals surface area contributed by atoms with Gasteiger partial charge < -0.3 is 9.80 Å². The summed E-state index contributed by atoms with van der Waals surface area (Å²) in [4.78, 5) is 4.51. The molecule has 108 valence electrons. The number of nitrogens with zero attached hydrogens (tertiary/aromatic N) is 2. The summed E-state index contributed by atoms with van der Waals surface area (Å²) in [7, 11) is 11.4. The number of hydrogen-bond acceptors (Lipinski definition) is 2. The van der Waals surface area contributed by atoms with Crippen molar-refractivity contribution in [3.05, 3.63) is 29.3 Å². The van der Waals surface area contributed by atoms with Gasteiger partial charge in [-0.25, -0.2) is 0 Å². The molecular weight excluding hydrogens is 251 g/mol. The van der Waals surface area contributed by atoms with Crippen LogP contribution >= 0.6 is 9.24 Å². The van der Waals surface area contributed by atoms with Crippen LogP contribution in [0.5, 0.6) is 0 Å².